The van der Waals surface area contributed by atoms with Gasteiger partial charge >= 0.3 is 5.97 Å². The van der Waals surface area contributed by atoms with Crippen molar-refractivity contribution in [2.24, 2.45) is 5.92 Å². The van der Waals surface area contributed by atoms with Crippen LogP contribution in [0.15, 0.2) is 35.2 Å². The normalized spacial score (nSPS) is 12.3. The Morgan fingerprint density at radius 2 is 2.08 bits per heavy atom. The first-order chi connectivity index (χ1) is 12.4. The lowest BCUT2D eigenvalue weighted by molar-refractivity contribution is 0.0701. The third-order valence-corrected chi connectivity index (χ3v) is 5.36. The molecule has 0 aliphatic carbocycles. The summed E-state index contributed by atoms with van der Waals surface area (Å²) in [5, 5.41) is 9.90. The zero-order chi connectivity index (χ0) is 18.8. The van der Waals surface area contributed by atoms with E-state index in [-0.39, 0.29) is 11.0 Å². The maximum Gasteiger partial charge on any atom is 0.347 e. The van der Waals surface area contributed by atoms with Crippen LogP contribution in [0.4, 0.5) is 0 Å². The van der Waals surface area contributed by atoms with Gasteiger partial charge in [0.15, 0.2) is 12.2 Å². The molecule has 1 aromatic carbocycles. The number of oxazole rings is 1. The molecule has 1 N–H and O–H groups in total. The number of hydrogen-bond acceptors (Lipinski definition) is 6. The zero-order valence-corrected chi connectivity index (χ0v) is 15.8. The van der Waals surface area contributed by atoms with Crippen LogP contribution in [0.3, 0.4) is 0 Å². The van der Waals surface area contributed by atoms with E-state index in [0.717, 1.165) is 22.5 Å². The number of hydrogen-bond donors (Lipinski definition) is 1. The molecule has 26 heavy (non-hydrogen) atoms. The number of carboxylic acids is 1. The second-order valence-corrected chi connectivity index (χ2v) is 7.38. The Morgan fingerprint density at radius 1 is 1.31 bits per heavy atom. The summed E-state index contributed by atoms with van der Waals surface area (Å²) in [6, 6.07) is 5.64. The van der Waals surface area contributed by atoms with Gasteiger partial charge in [-0.2, -0.15) is 0 Å². The van der Waals surface area contributed by atoms with E-state index in [1.54, 1.807) is 13.1 Å². The number of aromatic nitrogens is 2. The van der Waals surface area contributed by atoms with E-state index in [1.165, 1.54) is 6.39 Å². The predicted octanol–water partition coefficient (Wildman–Crippen LogP) is 4.90. The molecule has 7 heteroatoms. The van der Waals surface area contributed by atoms with Gasteiger partial charge < -0.3 is 14.3 Å². The number of ether oxygens (including phenoxy) is 1. The smallest absolute Gasteiger partial charge is 0.347 e. The van der Waals surface area contributed by atoms with Crippen LogP contribution >= 0.6 is 11.3 Å². The molecule has 0 amide bonds. The van der Waals surface area contributed by atoms with Crippen molar-refractivity contribution in [2.75, 3.05) is 0 Å². The van der Waals surface area contributed by atoms with Crippen molar-refractivity contribution in [2.45, 2.75) is 33.8 Å². The van der Waals surface area contributed by atoms with Gasteiger partial charge in [-0.1, -0.05) is 13.8 Å². The third kappa shape index (κ3) is 3.62. The Bertz CT molecular complexity index is 916. The molecule has 0 saturated carbocycles. The lowest BCUT2D eigenvalue weighted by Gasteiger charge is -2.20. The first-order valence-electron chi connectivity index (χ1n) is 8.27. The molecule has 1 atom stereocenters. The van der Waals surface area contributed by atoms with Gasteiger partial charge in [-0.3, -0.25) is 0 Å². The Labute approximate surface area is 155 Å². The van der Waals surface area contributed by atoms with Gasteiger partial charge in [0.2, 0.25) is 0 Å². The van der Waals surface area contributed by atoms with Crippen LogP contribution in [-0.2, 0) is 0 Å². The minimum atomic E-state index is -0.965. The van der Waals surface area contributed by atoms with E-state index in [4.69, 9.17) is 9.15 Å². The highest BCUT2D eigenvalue weighted by molar-refractivity contribution is 7.17. The molecule has 0 saturated heterocycles. The summed E-state index contributed by atoms with van der Waals surface area (Å²) in [5.41, 5.74) is 2.08. The molecular formula is C19H20N2O4S. The average Bonchev–Trinajstić information content (AvgIpc) is 3.24. The van der Waals surface area contributed by atoms with Gasteiger partial charge in [0.1, 0.15) is 15.6 Å². The summed E-state index contributed by atoms with van der Waals surface area (Å²) in [6.45, 7) is 7.91. The lowest BCUT2D eigenvalue weighted by Crippen LogP contribution is -2.18. The van der Waals surface area contributed by atoms with Crippen LogP contribution in [0, 0.1) is 12.8 Å². The Balaban J connectivity index is 2.05. The highest BCUT2D eigenvalue weighted by Crippen LogP contribution is 2.37. The monoisotopic (exact) mass is 372 g/mol. The molecule has 0 spiro atoms. The summed E-state index contributed by atoms with van der Waals surface area (Å²) in [6.07, 6.45) is 3.03. The van der Waals surface area contributed by atoms with Gasteiger partial charge in [-0.05, 0) is 38.0 Å². The van der Waals surface area contributed by atoms with Crippen molar-refractivity contribution in [1.82, 2.24) is 9.97 Å². The molecule has 3 aromatic rings. The minimum absolute atomic E-state index is 0.0308. The molecular weight excluding hydrogens is 352 g/mol. The highest BCUT2D eigenvalue weighted by Gasteiger charge is 2.19. The molecule has 2 heterocycles. The van der Waals surface area contributed by atoms with Gasteiger partial charge in [0.05, 0.1) is 23.6 Å². The lowest BCUT2D eigenvalue weighted by atomic mass is 10.1. The SMILES string of the molecule is Cc1nc(-c2ccc(OC(C)C(C)C)c(-c3cnco3)c2)sc1C(=O)O. The largest absolute Gasteiger partial charge is 0.490 e. The second kappa shape index (κ2) is 7.29. The third-order valence-electron chi connectivity index (χ3n) is 4.17. The number of carboxylic acid groups (broad SMARTS) is 1. The number of thiazole rings is 1. The summed E-state index contributed by atoms with van der Waals surface area (Å²) in [7, 11) is 0. The minimum Gasteiger partial charge on any atom is -0.490 e. The van der Waals surface area contributed by atoms with E-state index in [2.05, 4.69) is 23.8 Å². The van der Waals surface area contributed by atoms with Crippen LogP contribution in [0.1, 0.15) is 36.1 Å². The number of aryl methyl sites for hydroxylation is 1. The van der Waals surface area contributed by atoms with Gasteiger partial charge in [-0.15, -0.1) is 11.3 Å². The van der Waals surface area contributed by atoms with Crippen molar-refractivity contribution >= 4 is 17.3 Å². The second-order valence-electron chi connectivity index (χ2n) is 6.38. The first kappa shape index (κ1) is 18.1. The van der Waals surface area contributed by atoms with E-state index >= 15 is 0 Å². The fraction of sp³-hybridized carbons (Fsp3) is 0.316. The fourth-order valence-corrected chi connectivity index (χ4v) is 3.26. The molecule has 0 aliphatic heterocycles. The maximum absolute atomic E-state index is 11.3. The van der Waals surface area contributed by atoms with Gasteiger partial charge in [0, 0.05) is 5.56 Å². The number of benzene rings is 1. The van der Waals surface area contributed by atoms with Crippen LogP contribution in [0.2, 0.25) is 0 Å². The van der Waals surface area contributed by atoms with Gasteiger partial charge in [0.25, 0.3) is 0 Å². The number of nitrogens with zero attached hydrogens (tertiary/aromatic N) is 2. The van der Waals surface area contributed by atoms with Crippen molar-refractivity contribution in [3.63, 3.8) is 0 Å². The van der Waals surface area contributed by atoms with Crippen LogP contribution in [0.5, 0.6) is 5.75 Å². The zero-order valence-electron chi connectivity index (χ0n) is 15.0. The van der Waals surface area contributed by atoms with Crippen LogP contribution < -0.4 is 4.74 Å². The molecule has 136 valence electrons. The average molecular weight is 372 g/mol. The first-order valence-corrected chi connectivity index (χ1v) is 9.09. The summed E-state index contributed by atoms with van der Waals surface area (Å²) >= 11 is 1.15. The van der Waals surface area contributed by atoms with Gasteiger partial charge in [-0.25, -0.2) is 14.8 Å². The molecule has 0 bridgehead atoms. The topological polar surface area (TPSA) is 85.5 Å². The van der Waals surface area contributed by atoms with Crippen molar-refractivity contribution in [3.05, 3.63) is 41.4 Å². The van der Waals surface area contributed by atoms with Crippen molar-refractivity contribution < 1.29 is 19.1 Å². The summed E-state index contributed by atoms with van der Waals surface area (Å²) in [4.78, 5) is 19.9. The number of aromatic carboxylic acids is 1. The standard InChI is InChI=1S/C19H20N2O4S/c1-10(2)12(4)25-15-6-5-13(7-14(15)16-8-20-9-24-16)18-21-11(3)17(26-18)19(22)23/h5-10,12H,1-4H3,(H,22,23). The molecule has 6 nitrogen and oxygen atoms in total. The molecule has 2 aromatic heterocycles. The molecule has 1 unspecified atom stereocenters. The molecule has 0 radical (unpaired) electrons. The predicted molar refractivity (Wildman–Crippen MR) is 99.7 cm³/mol. The van der Waals surface area contributed by atoms with Crippen molar-refractivity contribution in [1.29, 1.82) is 0 Å². The van der Waals surface area contributed by atoms with Crippen LogP contribution in [0.25, 0.3) is 21.9 Å². The van der Waals surface area contributed by atoms with E-state index in [9.17, 15) is 9.90 Å². The Morgan fingerprint density at radius 3 is 2.65 bits per heavy atom. The quantitative estimate of drug-likeness (QED) is 0.663. The molecule has 0 aliphatic rings. The Kier molecular flexibility index (Phi) is 5.08. The number of rotatable bonds is 6. The van der Waals surface area contributed by atoms with E-state index in [1.807, 2.05) is 25.1 Å². The molecule has 3 rings (SSSR count). The summed E-state index contributed by atoms with van der Waals surface area (Å²) < 4.78 is 11.5. The van der Waals surface area contributed by atoms with E-state index in [0.29, 0.717) is 28.1 Å². The highest BCUT2D eigenvalue weighted by atomic mass is 32.1. The van der Waals surface area contributed by atoms with Crippen LogP contribution in [-0.4, -0.2) is 27.1 Å². The maximum atomic E-state index is 11.3. The van der Waals surface area contributed by atoms with E-state index < -0.39 is 5.97 Å². The van der Waals surface area contributed by atoms with Crippen molar-refractivity contribution in [3.8, 4) is 27.6 Å². The fourth-order valence-electron chi connectivity index (χ4n) is 2.36. The summed E-state index contributed by atoms with van der Waals surface area (Å²) in [5.74, 6) is 0.674. The number of carbonyl (C=O) groups is 1. The Hall–Kier alpha value is -2.67. The molecule has 0 fully saturated rings.